The quantitative estimate of drug-likeness (QED) is 0.811. The number of rotatable bonds is 6. The van der Waals surface area contributed by atoms with Crippen molar-refractivity contribution in [3.05, 3.63) is 0 Å². The minimum atomic E-state index is 0.411. The molecule has 1 unspecified atom stereocenters. The van der Waals surface area contributed by atoms with Gasteiger partial charge in [-0.25, -0.2) is 0 Å². The lowest BCUT2D eigenvalue weighted by molar-refractivity contribution is -0.134. The summed E-state index contributed by atoms with van der Waals surface area (Å²) in [5, 5.41) is 3.42. The fraction of sp³-hybridized carbons (Fsp3) is 0.947. The third-order valence-electron chi connectivity index (χ3n) is 5.80. The molecule has 3 heteroatoms. The number of nitrogens with zero attached hydrogens (tertiary/aromatic N) is 1. The highest BCUT2D eigenvalue weighted by atomic mass is 16.2. The van der Waals surface area contributed by atoms with Crippen molar-refractivity contribution in [1.29, 1.82) is 0 Å². The van der Waals surface area contributed by atoms with Gasteiger partial charge in [0.25, 0.3) is 0 Å². The van der Waals surface area contributed by atoms with E-state index in [-0.39, 0.29) is 0 Å². The Labute approximate surface area is 137 Å². The van der Waals surface area contributed by atoms with Crippen LogP contribution in [0.5, 0.6) is 0 Å². The molecule has 0 aromatic rings. The summed E-state index contributed by atoms with van der Waals surface area (Å²) < 4.78 is 0. The number of amides is 1. The van der Waals surface area contributed by atoms with Gasteiger partial charge in [-0.15, -0.1) is 0 Å². The molecule has 1 amide bonds. The van der Waals surface area contributed by atoms with Crippen LogP contribution in [0.25, 0.3) is 0 Å². The first kappa shape index (κ1) is 17.8. The van der Waals surface area contributed by atoms with Crippen molar-refractivity contribution in [2.24, 2.45) is 23.7 Å². The molecule has 22 heavy (non-hydrogen) atoms. The second-order valence-corrected chi connectivity index (χ2v) is 8.06. The molecular weight excluding hydrogens is 272 g/mol. The molecule has 0 bridgehead atoms. The Morgan fingerprint density at radius 2 is 1.73 bits per heavy atom. The summed E-state index contributed by atoms with van der Waals surface area (Å²) >= 11 is 0. The number of hydrogen-bond acceptors (Lipinski definition) is 2. The largest absolute Gasteiger partial charge is 0.343 e. The van der Waals surface area contributed by atoms with Crippen LogP contribution in [0.4, 0.5) is 0 Å². The number of nitrogens with one attached hydrogen (secondary N) is 1. The molecule has 0 radical (unpaired) electrons. The Morgan fingerprint density at radius 3 is 2.32 bits per heavy atom. The van der Waals surface area contributed by atoms with Crippen LogP contribution < -0.4 is 5.32 Å². The number of piperidine rings is 2. The zero-order valence-corrected chi connectivity index (χ0v) is 14.9. The first-order valence-corrected chi connectivity index (χ1v) is 9.54. The van der Waals surface area contributed by atoms with E-state index in [0.717, 1.165) is 50.4 Å². The van der Waals surface area contributed by atoms with Gasteiger partial charge >= 0.3 is 0 Å². The van der Waals surface area contributed by atoms with Crippen molar-refractivity contribution >= 4 is 5.91 Å². The second-order valence-electron chi connectivity index (χ2n) is 8.06. The van der Waals surface area contributed by atoms with Crippen LogP contribution in [0.1, 0.15) is 65.7 Å². The zero-order valence-electron chi connectivity index (χ0n) is 14.9. The first-order chi connectivity index (χ1) is 10.6. The van der Waals surface area contributed by atoms with E-state index in [1.54, 1.807) is 0 Å². The van der Waals surface area contributed by atoms with E-state index in [0.29, 0.717) is 11.8 Å². The van der Waals surface area contributed by atoms with E-state index in [1.165, 1.54) is 38.5 Å². The molecule has 0 aliphatic carbocycles. The molecule has 0 aromatic carbocycles. The summed E-state index contributed by atoms with van der Waals surface area (Å²) in [5.41, 5.74) is 0. The van der Waals surface area contributed by atoms with Gasteiger partial charge in [-0.2, -0.15) is 0 Å². The fourth-order valence-corrected chi connectivity index (χ4v) is 4.02. The van der Waals surface area contributed by atoms with Gasteiger partial charge in [0.1, 0.15) is 0 Å². The SMILES string of the molecule is CC(C)CCC1CCN(C(=O)CC(C)C2CCNCC2)CC1. The Balaban J connectivity index is 1.68. The van der Waals surface area contributed by atoms with Gasteiger partial charge in [0, 0.05) is 19.5 Å². The highest BCUT2D eigenvalue weighted by Gasteiger charge is 2.27. The summed E-state index contributed by atoms with van der Waals surface area (Å²) in [7, 11) is 0. The molecule has 1 N–H and O–H groups in total. The summed E-state index contributed by atoms with van der Waals surface area (Å²) in [6, 6.07) is 0. The third kappa shape index (κ3) is 5.57. The minimum Gasteiger partial charge on any atom is -0.343 e. The molecule has 0 aromatic heterocycles. The van der Waals surface area contributed by atoms with Crippen molar-refractivity contribution in [2.75, 3.05) is 26.2 Å². The molecule has 2 fully saturated rings. The van der Waals surface area contributed by atoms with E-state index in [4.69, 9.17) is 0 Å². The van der Waals surface area contributed by atoms with E-state index < -0.39 is 0 Å². The molecule has 0 spiro atoms. The van der Waals surface area contributed by atoms with Crippen molar-refractivity contribution < 1.29 is 4.79 Å². The Hall–Kier alpha value is -0.570. The molecule has 2 aliphatic rings. The van der Waals surface area contributed by atoms with E-state index >= 15 is 0 Å². The second kappa shape index (κ2) is 8.90. The molecule has 2 saturated heterocycles. The highest BCUT2D eigenvalue weighted by molar-refractivity contribution is 5.76. The Bertz CT molecular complexity index is 328. The molecule has 2 heterocycles. The van der Waals surface area contributed by atoms with Gasteiger partial charge in [-0.05, 0) is 62.4 Å². The maximum atomic E-state index is 12.5. The maximum absolute atomic E-state index is 12.5. The third-order valence-corrected chi connectivity index (χ3v) is 5.80. The van der Waals surface area contributed by atoms with Crippen LogP contribution in [0, 0.1) is 23.7 Å². The van der Waals surface area contributed by atoms with Gasteiger partial charge < -0.3 is 10.2 Å². The van der Waals surface area contributed by atoms with Crippen molar-refractivity contribution in [2.45, 2.75) is 65.7 Å². The predicted octanol–water partition coefficient (Wildman–Crippen LogP) is 3.69. The van der Waals surface area contributed by atoms with Gasteiger partial charge in [0.15, 0.2) is 0 Å². The number of likely N-dealkylation sites (tertiary alicyclic amines) is 1. The van der Waals surface area contributed by atoms with Crippen LogP contribution in [0.3, 0.4) is 0 Å². The summed E-state index contributed by atoms with van der Waals surface area (Å²) in [6.45, 7) is 11.2. The molecule has 128 valence electrons. The fourth-order valence-electron chi connectivity index (χ4n) is 4.02. The first-order valence-electron chi connectivity index (χ1n) is 9.54. The molecule has 0 saturated carbocycles. The number of carbonyl (C=O) groups is 1. The molecule has 3 nitrogen and oxygen atoms in total. The van der Waals surface area contributed by atoms with Crippen LogP contribution in [0.2, 0.25) is 0 Å². The van der Waals surface area contributed by atoms with Crippen molar-refractivity contribution in [3.8, 4) is 0 Å². The smallest absolute Gasteiger partial charge is 0.222 e. The average molecular weight is 309 g/mol. The lowest BCUT2D eigenvalue weighted by atomic mass is 9.83. The molecule has 1 atom stereocenters. The van der Waals surface area contributed by atoms with E-state index in [2.05, 4.69) is 31.0 Å². The van der Waals surface area contributed by atoms with Gasteiger partial charge in [-0.1, -0.05) is 33.6 Å². The Kier molecular flexibility index (Phi) is 7.20. The normalized spacial score (nSPS) is 23.0. The van der Waals surface area contributed by atoms with Crippen LogP contribution in [-0.4, -0.2) is 37.0 Å². The zero-order chi connectivity index (χ0) is 15.9. The highest BCUT2D eigenvalue weighted by Crippen LogP contribution is 2.27. The minimum absolute atomic E-state index is 0.411. The van der Waals surface area contributed by atoms with Crippen LogP contribution in [0.15, 0.2) is 0 Å². The Morgan fingerprint density at radius 1 is 1.09 bits per heavy atom. The van der Waals surface area contributed by atoms with Crippen molar-refractivity contribution in [1.82, 2.24) is 10.2 Å². The lowest BCUT2D eigenvalue weighted by Crippen LogP contribution is -2.40. The predicted molar refractivity (Wildman–Crippen MR) is 92.8 cm³/mol. The molecule has 2 aliphatic heterocycles. The lowest BCUT2D eigenvalue weighted by Gasteiger charge is -2.34. The standard InChI is InChI=1S/C19H36N2O/c1-15(2)4-5-17-8-12-21(13-9-17)19(22)14-16(3)18-6-10-20-11-7-18/h15-18,20H,4-14H2,1-3H3. The number of hydrogen-bond donors (Lipinski definition) is 1. The van der Waals surface area contributed by atoms with E-state index in [9.17, 15) is 4.79 Å². The molecular formula is C19H36N2O. The van der Waals surface area contributed by atoms with E-state index in [1.807, 2.05) is 0 Å². The monoisotopic (exact) mass is 308 g/mol. The van der Waals surface area contributed by atoms with Gasteiger partial charge in [0.05, 0.1) is 0 Å². The van der Waals surface area contributed by atoms with Crippen molar-refractivity contribution in [3.63, 3.8) is 0 Å². The summed E-state index contributed by atoms with van der Waals surface area (Å²) in [5.74, 6) is 3.37. The number of carbonyl (C=O) groups excluding carboxylic acids is 1. The van der Waals surface area contributed by atoms with Gasteiger partial charge in [-0.3, -0.25) is 4.79 Å². The average Bonchev–Trinajstić information content (AvgIpc) is 2.54. The summed E-state index contributed by atoms with van der Waals surface area (Å²) in [4.78, 5) is 14.7. The molecule has 2 rings (SSSR count). The van der Waals surface area contributed by atoms with Crippen LogP contribution >= 0.6 is 0 Å². The maximum Gasteiger partial charge on any atom is 0.222 e. The summed E-state index contributed by atoms with van der Waals surface area (Å²) in [6.07, 6.45) is 8.38. The topological polar surface area (TPSA) is 32.3 Å². The van der Waals surface area contributed by atoms with Gasteiger partial charge in [0.2, 0.25) is 5.91 Å². The van der Waals surface area contributed by atoms with Crippen LogP contribution in [-0.2, 0) is 4.79 Å².